The molecule has 0 aromatic heterocycles. The van der Waals surface area contributed by atoms with Gasteiger partial charge in [0.2, 0.25) is 0 Å². The van der Waals surface area contributed by atoms with Crippen LogP contribution in [0.2, 0.25) is 0 Å². The first-order valence-corrected chi connectivity index (χ1v) is 6.49. The highest BCUT2D eigenvalue weighted by Gasteiger charge is 1.98. The summed E-state index contributed by atoms with van der Waals surface area (Å²) in [6, 6.07) is 5.73. The predicted molar refractivity (Wildman–Crippen MR) is 73.2 cm³/mol. The molecule has 1 aromatic rings. The molecule has 3 N–H and O–H groups in total. The molecule has 0 saturated heterocycles. The molecule has 0 unspecified atom stereocenters. The van der Waals surface area contributed by atoms with E-state index in [4.69, 9.17) is 12.2 Å². The van der Waals surface area contributed by atoms with E-state index in [0.29, 0.717) is 0 Å². The highest BCUT2D eigenvalue weighted by Crippen LogP contribution is 2.24. The molecular formula is C11H13BrN2S. The van der Waals surface area contributed by atoms with Crippen molar-refractivity contribution in [2.45, 2.75) is 0 Å². The second-order valence-corrected chi connectivity index (χ2v) is 4.88. The van der Waals surface area contributed by atoms with Gasteiger partial charge in [-0.15, -0.1) is 18.2 Å². The lowest BCUT2D eigenvalue weighted by atomic mass is 10.3. The highest BCUT2D eigenvalue weighted by atomic mass is 79.9. The monoisotopic (exact) mass is 284 g/mol. The maximum Gasteiger partial charge on any atom is 0.0545 e. The summed E-state index contributed by atoms with van der Waals surface area (Å²) in [5.41, 5.74) is 7.46. The molecule has 0 bridgehead atoms. The minimum Gasteiger partial charge on any atom is -0.399 e. The Morgan fingerprint density at radius 3 is 3.00 bits per heavy atom. The molecule has 1 aromatic carbocycles. The number of halogens is 1. The third-order valence-corrected chi connectivity index (χ3v) is 3.26. The van der Waals surface area contributed by atoms with E-state index < -0.39 is 0 Å². The largest absolute Gasteiger partial charge is 0.399 e. The zero-order valence-corrected chi connectivity index (χ0v) is 10.7. The number of hydrogen-bond donors (Lipinski definition) is 2. The van der Waals surface area contributed by atoms with E-state index in [1.807, 2.05) is 18.2 Å². The molecule has 0 heterocycles. The number of benzene rings is 1. The van der Waals surface area contributed by atoms with Crippen LogP contribution >= 0.6 is 27.7 Å². The molecule has 0 aliphatic carbocycles. The SMILES string of the molecule is C#CCSCCNc1ccc(N)cc1Br. The van der Waals surface area contributed by atoms with E-state index in [1.165, 1.54) is 0 Å². The molecule has 0 fully saturated rings. The maximum absolute atomic E-state index is 5.64. The molecule has 0 spiro atoms. The number of terminal acetylenes is 1. The molecule has 4 heteroatoms. The Bertz CT molecular complexity index is 360. The van der Waals surface area contributed by atoms with Crippen molar-refractivity contribution in [3.05, 3.63) is 22.7 Å². The summed E-state index contributed by atoms with van der Waals surface area (Å²) in [5.74, 6) is 4.36. The number of nitrogens with two attached hydrogens (primary N) is 1. The van der Waals surface area contributed by atoms with Crippen LogP contribution in [0.5, 0.6) is 0 Å². The van der Waals surface area contributed by atoms with E-state index >= 15 is 0 Å². The smallest absolute Gasteiger partial charge is 0.0545 e. The molecule has 1 rings (SSSR count). The Hall–Kier alpha value is -0.790. The quantitative estimate of drug-likeness (QED) is 0.496. The van der Waals surface area contributed by atoms with E-state index in [9.17, 15) is 0 Å². The molecule has 0 aliphatic heterocycles. The first-order chi connectivity index (χ1) is 7.24. The Morgan fingerprint density at radius 1 is 1.53 bits per heavy atom. The van der Waals surface area contributed by atoms with Crippen molar-refractivity contribution in [3.63, 3.8) is 0 Å². The molecule has 0 aliphatic rings. The van der Waals surface area contributed by atoms with Gasteiger partial charge in [-0.3, -0.25) is 0 Å². The number of nitrogen functional groups attached to an aromatic ring is 1. The average Bonchev–Trinajstić information content (AvgIpc) is 2.20. The van der Waals surface area contributed by atoms with Gasteiger partial charge in [0.1, 0.15) is 0 Å². The van der Waals surface area contributed by atoms with Gasteiger partial charge >= 0.3 is 0 Å². The van der Waals surface area contributed by atoms with Gasteiger partial charge in [-0.25, -0.2) is 0 Å². The minimum absolute atomic E-state index is 0.758. The summed E-state index contributed by atoms with van der Waals surface area (Å²) < 4.78 is 0.990. The van der Waals surface area contributed by atoms with Crippen LogP contribution in [0.15, 0.2) is 22.7 Å². The van der Waals surface area contributed by atoms with Gasteiger partial charge in [0.25, 0.3) is 0 Å². The standard InChI is InChI=1S/C11H13BrN2S/c1-2-6-15-7-5-14-11-4-3-9(13)8-10(11)12/h1,3-4,8,14H,5-7,13H2. The van der Waals surface area contributed by atoms with Crippen LogP contribution in [0.3, 0.4) is 0 Å². The van der Waals surface area contributed by atoms with Crippen LogP contribution in [0.25, 0.3) is 0 Å². The van der Waals surface area contributed by atoms with Gasteiger partial charge in [0, 0.05) is 28.1 Å². The average molecular weight is 285 g/mol. The topological polar surface area (TPSA) is 38.0 Å². The third-order valence-electron chi connectivity index (χ3n) is 1.74. The van der Waals surface area contributed by atoms with Gasteiger partial charge in [-0.2, -0.15) is 0 Å². The summed E-state index contributed by atoms with van der Waals surface area (Å²) in [5, 5.41) is 3.31. The lowest BCUT2D eigenvalue weighted by Crippen LogP contribution is -2.05. The fourth-order valence-corrected chi connectivity index (χ4v) is 2.11. The van der Waals surface area contributed by atoms with Gasteiger partial charge in [-0.1, -0.05) is 5.92 Å². The normalized spacial score (nSPS) is 9.60. The van der Waals surface area contributed by atoms with Crippen LogP contribution in [0.4, 0.5) is 11.4 Å². The van der Waals surface area contributed by atoms with Crippen LogP contribution in [0.1, 0.15) is 0 Å². The molecule has 0 saturated carbocycles. The molecule has 0 atom stereocenters. The summed E-state index contributed by atoms with van der Waals surface area (Å²) in [4.78, 5) is 0. The fraction of sp³-hybridized carbons (Fsp3) is 0.273. The number of hydrogen-bond acceptors (Lipinski definition) is 3. The van der Waals surface area contributed by atoms with Crippen LogP contribution in [-0.4, -0.2) is 18.1 Å². The van der Waals surface area contributed by atoms with Crippen LogP contribution in [-0.2, 0) is 0 Å². The Morgan fingerprint density at radius 2 is 2.33 bits per heavy atom. The molecule has 80 valence electrons. The molecule has 0 amide bonds. The zero-order chi connectivity index (χ0) is 11.1. The Labute approximate surface area is 103 Å². The van der Waals surface area contributed by atoms with Crippen LogP contribution in [0, 0.1) is 12.3 Å². The van der Waals surface area contributed by atoms with Crippen molar-refractivity contribution in [2.24, 2.45) is 0 Å². The number of rotatable bonds is 5. The lowest BCUT2D eigenvalue weighted by molar-refractivity contribution is 1.22. The maximum atomic E-state index is 5.64. The van der Waals surface area contributed by atoms with Crippen LogP contribution < -0.4 is 11.1 Å². The third kappa shape index (κ3) is 4.50. The van der Waals surface area contributed by atoms with Gasteiger partial charge in [0.05, 0.1) is 5.75 Å². The number of nitrogens with one attached hydrogen (secondary N) is 1. The van der Waals surface area contributed by atoms with E-state index in [1.54, 1.807) is 11.8 Å². The van der Waals surface area contributed by atoms with Crippen molar-refractivity contribution < 1.29 is 0 Å². The Balaban J connectivity index is 2.35. The fourth-order valence-electron chi connectivity index (χ4n) is 1.06. The zero-order valence-electron chi connectivity index (χ0n) is 8.29. The summed E-state index contributed by atoms with van der Waals surface area (Å²) in [7, 11) is 0. The van der Waals surface area contributed by atoms with Crippen molar-refractivity contribution in [1.29, 1.82) is 0 Å². The molecule has 2 nitrogen and oxygen atoms in total. The van der Waals surface area contributed by atoms with Gasteiger partial charge in [0.15, 0.2) is 0 Å². The van der Waals surface area contributed by atoms with Gasteiger partial charge in [-0.05, 0) is 34.1 Å². The van der Waals surface area contributed by atoms with Crippen molar-refractivity contribution >= 4 is 39.1 Å². The van der Waals surface area contributed by atoms with E-state index in [2.05, 4.69) is 27.2 Å². The van der Waals surface area contributed by atoms with Crippen molar-refractivity contribution in [3.8, 4) is 12.3 Å². The van der Waals surface area contributed by atoms with Crippen molar-refractivity contribution in [2.75, 3.05) is 29.1 Å². The molecule has 15 heavy (non-hydrogen) atoms. The van der Waals surface area contributed by atoms with Gasteiger partial charge < -0.3 is 11.1 Å². The summed E-state index contributed by atoms with van der Waals surface area (Å²) in [6.45, 7) is 0.898. The molecule has 0 radical (unpaired) electrons. The first-order valence-electron chi connectivity index (χ1n) is 4.54. The second kappa shape index (κ2) is 6.65. The highest BCUT2D eigenvalue weighted by molar-refractivity contribution is 9.10. The predicted octanol–water partition coefficient (Wildman–Crippen LogP) is 2.81. The Kier molecular flexibility index (Phi) is 5.44. The first kappa shape index (κ1) is 12.3. The number of thioether (sulfide) groups is 1. The van der Waals surface area contributed by atoms with E-state index in [-0.39, 0.29) is 0 Å². The molecular weight excluding hydrogens is 272 g/mol. The number of anilines is 2. The lowest BCUT2D eigenvalue weighted by Gasteiger charge is -2.08. The summed E-state index contributed by atoms with van der Waals surface area (Å²) >= 11 is 5.19. The minimum atomic E-state index is 0.758. The van der Waals surface area contributed by atoms with E-state index in [0.717, 1.165) is 33.9 Å². The van der Waals surface area contributed by atoms with Crippen molar-refractivity contribution in [1.82, 2.24) is 0 Å². The summed E-state index contributed by atoms with van der Waals surface area (Å²) in [6.07, 6.45) is 5.15. The second-order valence-electron chi connectivity index (χ2n) is 2.92.